The van der Waals surface area contributed by atoms with E-state index in [2.05, 4.69) is 4.98 Å². The van der Waals surface area contributed by atoms with Crippen LogP contribution in [0, 0.1) is 6.92 Å². The lowest BCUT2D eigenvalue weighted by Gasteiger charge is -1.86. The number of fused-ring (bicyclic) bond motifs is 1. The number of hydrogen-bond acceptors (Lipinski definition) is 1. The van der Waals surface area contributed by atoms with Crippen LogP contribution in [-0.2, 0) is 0 Å². The van der Waals surface area contributed by atoms with Gasteiger partial charge in [0.15, 0.2) is 0 Å². The minimum absolute atomic E-state index is 0. The zero-order chi connectivity index (χ0) is 6.97. The second kappa shape index (κ2) is 3.05. The van der Waals surface area contributed by atoms with Crippen LogP contribution in [0.5, 0.6) is 0 Å². The molecule has 0 N–H and O–H groups in total. The van der Waals surface area contributed by atoms with Gasteiger partial charge in [0.25, 0.3) is 0 Å². The summed E-state index contributed by atoms with van der Waals surface area (Å²) in [5, 5.41) is 0. The van der Waals surface area contributed by atoms with E-state index in [1.54, 1.807) is 0 Å². The Kier molecular flexibility index (Phi) is 2.29. The van der Waals surface area contributed by atoms with Gasteiger partial charge in [-0.05, 0) is 19.1 Å². The predicted molar refractivity (Wildman–Crippen MR) is 50.3 cm³/mol. The smallest absolute Gasteiger partial charge is 0.136 e. The second-order valence-electron chi connectivity index (χ2n) is 2.35. The summed E-state index contributed by atoms with van der Waals surface area (Å²) in [4.78, 5) is 4.28. The Hall–Kier alpha value is -0.830. The van der Waals surface area contributed by atoms with Crippen LogP contribution in [0.3, 0.4) is 0 Å². The normalized spacial score (nSPS) is 9.55. The van der Waals surface area contributed by atoms with Crippen LogP contribution in [0.4, 0.5) is 0 Å². The number of hydrogen-bond donors (Lipinski definition) is 0. The van der Waals surface area contributed by atoms with Crippen molar-refractivity contribution in [1.82, 2.24) is 9.38 Å². The van der Waals surface area contributed by atoms with Gasteiger partial charge in [-0.3, -0.25) is 0 Å². The summed E-state index contributed by atoms with van der Waals surface area (Å²) in [6.07, 6.45) is 4.00. The Labute approximate surface area is 75.6 Å². The van der Waals surface area contributed by atoms with Crippen molar-refractivity contribution < 1.29 is 0 Å². The highest BCUT2D eigenvalue weighted by atomic mass is 79.9. The fourth-order valence-electron chi connectivity index (χ4n) is 1.06. The molecule has 2 rings (SSSR count). The summed E-state index contributed by atoms with van der Waals surface area (Å²) >= 11 is 0. The zero-order valence-electron chi connectivity index (χ0n) is 6.19. The van der Waals surface area contributed by atoms with Crippen LogP contribution in [0.15, 0.2) is 30.6 Å². The standard InChI is InChI=1S/C8H8N2.BrH/c1-7-6-10-5-3-2-4-8(10)9-7;/h2-6H,1H3;1H. The third-order valence-electron chi connectivity index (χ3n) is 1.48. The van der Waals surface area contributed by atoms with E-state index in [4.69, 9.17) is 0 Å². The predicted octanol–water partition coefficient (Wildman–Crippen LogP) is 2.22. The number of halogens is 1. The maximum atomic E-state index is 4.28. The highest BCUT2D eigenvalue weighted by molar-refractivity contribution is 8.93. The lowest BCUT2D eigenvalue weighted by molar-refractivity contribution is 1.18. The van der Waals surface area contributed by atoms with Crippen LogP contribution in [0.2, 0.25) is 0 Å². The third kappa shape index (κ3) is 1.43. The van der Waals surface area contributed by atoms with Gasteiger partial charge in [-0.2, -0.15) is 0 Å². The largest absolute Gasteiger partial charge is 0.307 e. The Morgan fingerprint density at radius 1 is 1.36 bits per heavy atom. The van der Waals surface area contributed by atoms with Crippen molar-refractivity contribution in [2.45, 2.75) is 6.92 Å². The number of imidazole rings is 1. The Bertz CT molecular complexity index is 321. The van der Waals surface area contributed by atoms with Crippen molar-refractivity contribution >= 4 is 22.6 Å². The molecule has 2 aromatic rings. The summed E-state index contributed by atoms with van der Waals surface area (Å²) in [5.74, 6) is 0. The van der Waals surface area contributed by atoms with E-state index >= 15 is 0 Å². The van der Waals surface area contributed by atoms with Gasteiger partial charge in [0, 0.05) is 12.4 Å². The minimum atomic E-state index is 0. The number of pyridine rings is 1. The molecule has 11 heavy (non-hydrogen) atoms. The van der Waals surface area contributed by atoms with E-state index < -0.39 is 0 Å². The number of aryl methyl sites for hydroxylation is 1. The first-order chi connectivity index (χ1) is 4.86. The van der Waals surface area contributed by atoms with E-state index in [-0.39, 0.29) is 17.0 Å². The van der Waals surface area contributed by atoms with Crippen LogP contribution < -0.4 is 0 Å². The molecular weight excluding hydrogens is 204 g/mol. The molecule has 0 radical (unpaired) electrons. The molecular formula is C8H9BrN2. The van der Waals surface area contributed by atoms with Gasteiger partial charge < -0.3 is 4.40 Å². The molecule has 2 heterocycles. The minimum Gasteiger partial charge on any atom is -0.307 e. The lowest BCUT2D eigenvalue weighted by Crippen LogP contribution is -1.77. The number of aromatic nitrogens is 2. The van der Waals surface area contributed by atoms with Gasteiger partial charge in [0.2, 0.25) is 0 Å². The van der Waals surface area contributed by atoms with Gasteiger partial charge in [-0.25, -0.2) is 4.98 Å². The van der Waals surface area contributed by atoms with Crippen molar-refractivity contribution in [3.8, 4) is 0 Å². The summed E-state index contributed by atoms with van der Waals surface area (Å²) in [5.41, 5.74) is 2.08. The average molecular weight is 213 g/mol. The van der Waals surface area contributed by atoms with Crippen molar-refractivity contribution in [3.63, 3.8) is 0 Å². The summed E-state index contributed by atoms with van der Waals surface area (Å²) in [6.45, 7) is 1.99. The van der Waals surface area contributed by atoms with E-state index in [1.165, 1.54) is 0 Å². The number of nitrogens with zero attached hydrogens (tertiary/aromatic N) is 2. The van der Waals surface area contributed by atoms with Crippen LogP contribution >= 0.6 is 17.0 Å². The fraction of sp³-hybridized carbons (Fsp3) is 0.125. The zero-order valence-corrected chi connectivity index (χ0v) is 7.90. The molecule has 0 aromatic carbocycles. The van der Waals surface area contributed by atoms with Gasteiger partial charge in [0.1, 0.15) is 5.65 Å². The van der Waals surface area contributed by atoms with Gasteiger partial charge >= 0.3 is 0 Å². The van der Waals surface area contributed by atoms with E-state index in [0.29, 0.717) is 0 Å². The average Bonchev–Trinajstić information content (AvgIpc) is 2.27. The fourth-order valence-corrected chi connectivity index (χ4v) is 1.06. The topological polar surface area (TPSA) is 17.3 Å². The maximum absolute atomic E-state index is 4.28. The SMILES string of the molecule is Br.Cc1cn2ccccc2n1. The molecule has 0 unspecified atom stereocenters. The Morgan fingerprint density at radius 3 is 2.91 bits per heavy atom. The molecule has 0 atom stereocenters. The molecule has 2 aromatic heterocycles. The first-order valence-electron chi connectivity index (χ1n) is 3.26. The Balaban J connectivity index is 0.000000605. The van der Waals surface area contributed by atoms with Crippen molar-refractivity contribution in [2.75, 3.05) is 0 Å². The van der Waals surface area contributed by atoms with Gasteiger partial charge in [-0.15, -0.1) is 17.0 Å². The van der Waals surface area contributed by atoms with Crippen molar-refractivity contribution in [2.24, 2.45) is 0 Å². The highest BCUT2D eigenvalue weighted by Gasteiger charge is 1.92. The van der Waals surface area contributed by atoms with Crippen LogP contribution in [0.25, 0.3) is 5.65 Å². The molecule has 0 amide bonds. The summed E-state index contributed by atoms with van der Waals surface area (Å²) in [7, 11) is 0. The highest BCUT2D eigenvalue weighted by Crippen LogP contribution is 2.01. The molecule has 3 heteroatoms. The molecule has 0 aliphatic heterocycles. The van der Waals surface area contributed by atoms with Crippen LogP contribution in [0.1, 0.15) is 5.69 Å². The molecule has 0 aliphatic rings. The van der Waals surface area contributed by atoms with E-state index in [9.17, 15) is 0 Å². The second-order valence-corrected chi connectivity index (χ2v) is 2.35. The first-order valence-corrected chi connectivity index (χ1v) is 3.26. The molecule has 0 saturated heterocycles. The number of rotatable bonds is 0. The molecule has 2 nitrogen and oxygen atoms in total. The molecule has 0 saturated carbocycles. The molecule has 0 fully saturated rings. The maximum Gasteiger partial charge on any atom is 0.136 e. The van der Waals surface area contributed by atoms with Gasteiger partial charge in [0.05, 0.1) is 5.69 Å². The Morgan fingerprint density at radius 2 is 2.18 bits per heavy atom. The van der Waals surface area contributed by atoms with E-state index in [0.717, 1.165) is 11.3 Å². The third-order valence-corrected chi connectivity index (χ3v) is 1.48. The lowest BCUT2D eigenvalue weighted by atomic mass is 10.5. The molecule has 0 spiro atoms. The first kappa shape index (κ1) is 8.27. The van der Waals surface area contributed by atoms with Crippen molar-refractivity contribution in [1.29, 1.82) is 0 Å². The van der Waals surface area contributed by atoms with E-state index in [1.807, 2.05) is 41.9 Å². The monoisotopic (exact) mass is 212 g/mol. The molecule has 58 valence electrons. The van der Waals surface area contributed by atoms with Crippen molar-refractivity contribution in [3.05, 3.63) is 36.3 Å². The molecule has 0 aliphatic carbocycles. The van der Waals surface area contributed by atoms with Gasteiger partial charge in [-0.1, -0.05) is 6.07 Å². The molecule has 0 bridgehead atoms. The summed E-state index contributed by atoms with van der Waals surface area (Å²) in [6, 6.07) is 5.98. The quantitative estimate of drug-likeness (QED) is 0.655. The summed E-state index contributed by atoms with van der Waals surface area (Å²) < 4.78 is 2.01. The van der Waals surface area contributed by atoms with Crippen LogP contribution in [-0.4, -0.2) is 9.38 Å².